The summed E-state index contributed by atoms with van der Waals surface area (Å²) >= 11 is 12.8. The SMILES string of the molecule is CN(CC(C)(C)O)c1nc(N2CCC(C(F)(F)F)CC2)c2nc(-c3ccccc3Cl)n(-c3ccc(Cl)cc3)c2n1. The van der Waals surface area contributed by atoms with E-state index in [1.807, 2.05) is 39.8 Å². The molecule has 1 N–H and O–H groups in total. The first-order chi connectivity index (χ1) is 18.8. The summed E-state index contributed by atoms with van der Waals surface area (Å²) in [7, 11) is 1.76. The number of alkyl halides is 3. The van der Waals surface area contributed by atoms with Crippen LogP contribution in [-0.4, -0.2) is 63.1 Å². The van der Waals surface area contributed by atoms with Crippen molar-refractivity contribution in [1.29, 1.82) is 0 Å². The second-order valence-corrected chi connectivity index (χ2v) is 11.6. The van der Waals surface area contributed by atoms with Gasteiger partial charge in [0.2, 0.25) is 5.95 Å². The molecule has 5 rings (SSSR count). The van der Waals surface area contributed by atoms with Gasteiger partial charge in [-0.25, -0.2) is 4.98 Å². The Hall–Kier alpha value is -3.08. The third kappa shape index (κ3) is 5.84. The van der Waals surface area contributed by atoms with Crippen molar-refractivity contribution in [2.75, 3.05) is 36.5 Å². The van der Waals surface area contributed by atoms with Gasteiger partial charge in [-0.1, -0.05) is 35.3 Å². The number of anilines is 2. The fourth-order valence-corrected chi connectivity index (χ4v) is 5.40. The van der Waals surface area contributed by atoms with Gasteiger partial charge in [-0.05, 0) is 63.1 Å². The zero-order valence-corrected chi connectivity index (χ0v) is 23.8. The summed E-state index contributed by atoms with van der Waals surface area (Å²) in [6, 6.07) is 14.5. The maximum absolute atomic E-state index is 13.4. The highest BCUT2D eigenvalue weighted by atomic mass is 35.5. The number of aliphatic hydroxyl groups is 1. The Labute approximate surface area is 240 Å². The van der Waals surface area contributed by atoms with Gasteiger partial charge in [0.1, 0.15) is 5.82 Å². The molecule has 2 aromatic heterocycles. The molecule has 0 amide bonds. The highest BCUT2D eigenvalue weighted by Gasteiger charge is 2.41. The van der Waals surface area contributed by atoms with Gasteiger partial charge in [-0.3, -0.25) is 4.57 Å². The third-order valence-corrected chi connectivity index (χ3v) is 7.48. The van der Waals surface area contributed by atoms with Gasteiger partial charge in [0.05, 0.1) is 16.5 Å². The molecule has 2 aromatic carbocycles. The Morgan fingerprint density at radius 3 is 2.23 bits per heavy atom. The Bertz CT molecular complexity index is 1510. The van der Waals surface area contributed by atoms with Crippen molar-refractivity contribution in [2.24, 2.45) is 5.92 Å². The number of nitrogens with zero attached hydrogens (tertiary/aromatic N) is 6. The van der Waals surface area contributed by atoms with E-state index in [2.05, 4.69) is 0 Å². The fourth-order valence-electron chi connectivity index (χ4n) is 5.05. The maximum atomic E-state index is 13.4. The molecule has 12 heteroatoms. The van der Waals surface area contributed by atoms with Crippen LogP contribution in [0, 0.1) is 5.92 Å². The molecule has 1 fully saturated rings. The molecule has 0 saturated carbocycles. The van der Waals surface area contributed by atoms with E-state index in [0.717, 1.165) is 5.69 Å². The van der Waals surface area contributed by atoms with E-state index in [1.54, 1.807) is 44.0 Å². The van der Waals surface area contributed by atoms with Gasteiger partial charge >= 0.3 is 6.18 Å². The van der Waals surface area contributed by atoms with Crippen molar-refractivity contribution in [3.05, 3.63) is 58.6 Å². The number of piperidine rings is 1. The Morgan fingerprint density at radius 1 is 0.975 bits per heavy atom. The summed E-state index contributed by atoms with van der Waals surface area (Å²) in [5.74, 6) is -0.109. The minimum Gasteiger partial charge on any atom is -0.389 e. The number of benzene rings is 2. The number of aromatic nitrogens is 4. The lowest BCUT2D eigenvalue weighted by Gasteiger charge is -2.34. The lowest BCUT2D eigenvalue weighted by molar-refractivity contribution is -0.179. The minimum atomic E-state index is -4.24. The van der Waals surface area contributed by atoms with Gasteiger partial charge in [0, 0.05) is 43.0 Å². The molecule has 0 spiro atoms. The number of imidazole rings is 1. The van der Waals surface area contributed by atoms with Crippen LogP contribution in [0.3, 0.4) is 0 Å². The second-order valence-electron chi connectivity index (χ2n) is 10.7. The Kier molecular flexibility index (Phi) is 7.62. The number of rotatable bonds is 6. The van der Waals surface area contributed by atoms with Crippen LogP contribution < -0.4 is 9.80 Å². The molecule has 0 radical (unpaired) electrons. The molecule has 1 aliphatic heterocycles. The molecule has 40 heavy (non-hydrogen) atoms. The summed E-state index contributed by atoms with van der Waals surface area (Å²) in [6.45, 7) is 3.91. The monoisotopic (exact) mass is 592 g/mol. The van der Waals surface area contributed by atoms with Crippen molar-refractivity contribution >= 4 is 46.1 Å². The third-order valence-electron chi connectivity index (χ3n) is 6.90. The number of hydrogen-bond acceptors (Lipinski definition) is 6. The summed E-state index contributed by atoms with van der Waals surface area (Å²) < 4.78 is 42.2. The Balaban J connectivity index is 1.74. The standard InChI is InChI=1S/C28H29Cl2F3N6O/c1-27(2,40)16-37(3)26-35-24(38-14-12-17(13-15-38)28(31,32)33)22-25(36-26)39(19-10-8-18(29)9-11-19)23(34-22)20-6-4-5-7-21(20)30/h4-11,17,40H,12-16H2,1-3H3. The van der Waals surface area contributed by atoms with Gasteiger partial charge < -0.3 is 14.9 Å². The molecule has 1 aliphatic rings. The van der Waals surface area contributed by atoms with E-state index in [4.69, 9.17) is 38.2 Å². The number of hydrogen-bond donors (Lipinski definition) is 1. The Morgan fingerprint density at radius 2 is 1.62 bits per heavy atom. The smallest absolute Gasteiger partial charge is 0.389 e. The summed E-state index contributed by atoms with van der Waals surface area (Å²) in [5, 5.41) is 11.5. The molecule has 0 aliphatic carbocycles. The highest BCUT2D eigenvalue weighted by molar-refractivity contribution is 6.33. The lowest BCUT2D eigenvalue weighted by atomic mass is 9.96. The largest absolute Gasteiger partial charge is 0.391 e. The first kappa shape index (κ1) is 28.4. The average molecular weight is 593 g/mol. The second kappa shape index (κ2) is 10.7. The fraction of sp³-hybridized carbons (Fsp3) is 0.393. The molecular weight excluding hydrogens is 564 g/mol. The van der Waals surface area contributed by atoms with Crippen molar-refractivity contribution in [3.8, 4) is 17.1 Å². The number of fused-ring (bicyclic) bond motifs is 1. The van der Waals surface area contributed by atoms with Crippen LogP contribution in [0.25, 0.3) is 28.2 Å². The molecule has 1 saturated heterocycles. The molecule has 0 atom stereocenters. The van der Waals surface area contributed by atoms with Gasteiger partial charge in [-0.15, -0.1) is 0 Å². The summed E-state index contributed by atoms with van der Waals surface area (Å²) in [4.78, 5) is 18.2. The van der Waals surface area contributed by atoms with Crippen molar-refractivity contribution in [2.45, 2.75) is 38.5 Å². The van der Waals surface area contributed by atoms with Crippen LogP contribution in [0.5, 0.6) is 0 Å². The van der Waals surface area contributed by atoms with Crippen LogP contribution in [0.1, 0.15) is 26.7 Å². The average Bonchev–Trinajstić information content (AvgIpc) is 3.27. The summed E-state index contributed by atoms with van der Waals surface area (Å²) in [5.41, 5.74) is 1.23. The molecular formula is C28H29Cl2F3N6O. The van der Waals surface area contributed by atoms with E-state index >= 15 is 0 Å². The highest BCUT2D eigenvalue weighted by Crippen LogP contribution is 2.39. The van der Waals surface area contributed by atoms with E-state index in [9.17, 15) is 18.3 Å². The topological polar surface area (TPSA) is 70.3 Å². The number of likely N-dealkylation sites (N-methyl/N-ethyl adjacent to an activating group) is 1. The zero-order chi connectivity index (χ0) is 28.8. The maximum Gasteiger partial charge on any atom is 0.391 e. The van der Waals surface area contributed by atoms with Crippen LogP contribution in [-0.2, 0) is 0 Å². The van der Waals surface area contributed by atoms with E-state index in [1.165, 1.54) is 0 Å². The molecule has 0 bridgehead atoms. The van der Waals surface area contributed by atoms with Gasteiger partial charge in [0.15, 0.2) is 17.0 Å². The van der Waals surface area contributed by atoms with E-state index in [-0.39, 0.29) is 32.5 Å². The normalized spacial score (nSPS) is 15.2. The van der Waals surface area contributed by atoms with E-state index < -0.39 is 17.7 Å². The first-order valence-electron chi connectivity index (χ1n) is 12.9. The first-order valence-corrected chi connectivity index (χ1v) is 13.6. The van der Waals surface area contributed by atoms with Crippen molar-refractivity contribution < 1.29 is 18.3 Å². The van der Waals surface area contributed by atoms with Crippen molar-refractivity contribution in [3.63, 3.8) is 0 Å². The molecule has 7 nitrogen and oxygen atoms in total. The minimum absolute atomic E-state index is 0.0426. The molecule has 4 aromatic rings. The molecule has 212 valence electrons. The zero-order valence-electron chi connectivity index (χ0n) is 22.3. The van der Waals surface area contributed by atoms with Crippen LogP contribution in [0.15, 0.2) is 48.5 Å². The molecule has 3 heterocycles. The summed E-state index contributed by atoms with van der Waals surface area (Å²) in [6.07, 6.45) is -4.32. The van der Waals surface area contributed by atoms with Crippen LogP contribution >= 0.6 is 23.2 Å². The van der Waals surface area contributed by atoms with Crippen LogP contribution in [0.4, 0.5) is 24.9 Å². The van der Waals surface area contributed by atoms with Crippen molar-refractivity contribution in [1.82, 2.24) is 19.5 Å². The number of halogens is 5. The lowest BCUT2D eigenvalue weighted by Crippen LogP contribution is -2.40. The van der Waals surface area contributed by atoms with Crippen LogP contribution in [0.2, 0.25) is 10.0 Å². The quantitative estimate of drug-likeness (QED) is 0.266. The molecule has 0 unspecified atom stereocenters. The van der Waals surface area contributed by atoms with Gasteiger partial charge in [-0.2, -0.15) is 23.1 Å². The predicted molar refractivity (Wildman–Crippen MR) is 153 cm³/mol. The predicted octanol–water partition coefficient (Wildman–Crippen LogP) is 6.78. The van der Waals surface area contributed by atoms with E-state index in [0.29, 0.717) is 44.4 Å². The van der Waals surface area contributed by atoms with Gasteiger partial charge in [0.25, 0.3) is 0 Å².